The smallest absolute Gasteiger partial charge is 0.429 e. The van der Waals surface area contributed by atoms with Crippen molar-refractivity contribution in [2.45, 2.75) is 38.7 Å². The summed E-state index contributed by atoms with van der Waals surface area (Å²) < 4.78 is 107. The van der Waals surface area contributed by atoms with Gasteiger partial charge in [0.25, 0.3) is 0 Å². The molecule has 3 nitrogen and oxygen atoms in total. The molecule has 0 radical (unpaired) electrons. The molecular weight excluding hydrogens is 585 g/mol. The van der Waals surface area contributed by atoms with Gasteiger partial charge in [-0.3, -0.25) is 0 Å². The van der Waals surface area contributed by atoms with Gasteiger partial charge in [0.1, 0.15) is 40.4 Å². The first-order valence-electron chi connectivity index (χ1n) is 13.8. The molecule has 0 unspecified atom stereocenters. The van der Waals surface area contributed by atoms with Crippen LogP contribution in [0.3, 0.4) is 0 Å². The first-order valence-corrected chi connectivity index (χ1v) is 13.8. The molecule has 5 rings (SSSR count). The van der Waals surface area contributed by atoms with Crippen LogP contribution in [-0.4, -0.2) is 9.97 Å². The molecule has 10 heteroatoms. The minimum absolute atomic E-state index is 0.0562. The third-order valence-corrected chi connectivity index (χ3v) is 6.99. The Labute approximate surface area is 249 Å². The maximum Gasteiger partial charge on any atom is 0.432 e. The molecule has 44 heavy (non-hydrogen) atoms. The van der Waals surface area contributed by atoms with E-state index in [0.717, 1.165) is 61.6 Å². The third-order valence-electron chi connectivity index (χ3n) is 6.99. The summed E-state index contributed by atoms with van der Waals surface area (Å²) in [5.41, 5.74) is -0.757. The lowest BCUT2D eigenvalue weighted by molar-refractivity contribution is -0.189. The van der Waals surface area contributed by atoms with Crippen molar-refractivity contribution in [3.05, 3.63) is 125 Å². The highest BCUT2D eigenvalue weighted by Crippen LogP contribution is 2.38. The highest BCUT2D eigenvalue weighted by molar-refractivity contribution is 5.73. The molecule has 0 saturated heterocycles. The second kappa shape index (κ2) is 12.9. The second-order valence-corrected chi connectivity index (χ2v) is 10.1. The van der Waals surface area contributed by atoms with E-state index in [1.807, 2.05) is 0 Å². The van der Waals surface area contributed by atoms with Gasteiger partial charge in [-0.2, -0.15) is 8.78 Å². The molecule has 0 N–H and O–H groups in total. The molecule has 226 valence electrons. The number of unbranched alkanes of at least 4 members (excludes halogenated alkanes) is 2. The number of halogens is 7. The number of rotatable bonds is 10. The molecule has 0 aliphatic rings. The number of nitrogens with zero attached hydrogens (tertiary/aromatic N) is 2. The predicted molar refractivity (Wildman–Crippen MR) is 152 cm³/mol. The van der Waals surface area contributed by atoms with E-state index in [1.54, 1.807) is 18.5 Å². The molecule has 0 fully saturated rings. The SMILES string of the molecule is CCCCCc1cnc(-c2ccc(-c3ccc(-c4cc(F)c(C(F)(F)Oc5ccc(F)cc5)c(F)c4)c(F)c3)c(F)c2)nc1. The monoisotopic (exact) mass is 610 g/mol. The lowest BCUT2D eigenvalue weighted by atomic mass is 9.97. The maximum atomic E-state index is 15.2. The Kier molecular flexibility index (Phi) is 8.98. The second-order valence-electron chi connectivity index (χ2n) is 10.1. The Morgan fingerprint density at radius 2 is 1.18 bits per heavy atom. The van der Waals surface area contributed by atoms with Crippen molar-refractivity contribution in [2.24, 2.45) is 0 Å². The van der Waals surface area contributed by atoms with Crippen molar-refractivity contribution < 1.29 is 35.5 Å². The van der Waals surface area contributed by atoms with Crippen LogP contribution in [0.25, 0.3) is 33.6 Å². The van der Waals surface area contributed by atoms with Gasteiger partial charge in [0.15, 0.2) is 5.82 Å². The van der Waals surface area contributed by atoms with Gasteiger partial charge in [-0.1, -0.05) is 44.0 Å². The van der Waals surface area contributed by atoms with Crippen molar-refractivity contribution in [2.75, 3.05) is 0 Å². The van der Waals surface area contributed by atoms with Crippen LogP contribution in [0.2, 0.25) is 0 Å². The van der Waals surface area contributed by atoms with E-state index < -0.39 is 46.5 Å². The summed E-state index contributed by atoms with van der Waals surface area (Å²) in [7, 11) is 0. The Bertz CT molecular complexity index is 1750. The van der Waals surface area contributed by atoms with Gasteiger partial charge in [-0.25, -0.2) is 31.9 Å². The van der Waals surface area contributed by atoms with E-state index in [-0.39, 0.29) is 22.3 Å². The lowest BCUT2D eigenvalue weighted by Gasteiger charge is -2.20. The van der Waals surface area contributed by atoms with Crippen LogP contribution in [0.15, 0.2) is 85.2 Å². The van der Waals surface area contributed by atoms with Gasteiger partial charge in [-0.05, 0) is 78.1 Å². The summed E-state index contributed by atoms with van der Waals surface area (Å²) in [4.78, 5) is 8.64. The van der Waals surface area contributed by atoms with Gasteiger partial charge >= 0.3 is 6.11 Å². The van der Waals surface area contributed by atoms with E-state index >= 15 is 8.78 Å². The van der Waals surface area contributed by atoms with Crippen LogP contribution < -0.4 is 4.74 Å². The van der Waals surface area contributed by atoms with Crippen LogP contribution >= 0.6 is 0 Å². The highest BCUT2D eigenvalue weighted by Gasteiger charge is 2.41. The standard InChI is InChI=1S/C34H25F7N2O/c1-2-3-4-5-20-18-42-33(43-19-20)22-7-13-26(29(37)15-22)21-6-12-27(28(36)14-21)23-16-30(38)32(31(39)17-23)34(40,41)44-25-10-8-24(35)9-11-25/h6-19H,2-5H2,1H3. The molecule has 0 aliphatic carbocycles. The third kappa shape index (κ3) is 6.74. The van der Waals surface area contributed by atoms with Crippen molar-refractivity contribution >= 4 is 0 Å². The Morgan fingerprint density at radius 1 is 0.636 bits per heavy atom. The van der Waals surface area contributed by atoms with Gasteiger partial charge in [0.05, 0.1) is 0 Å². The molecule has 0 atom stereocenters. The van der Waals surface area contributed by atoms with Crippen molar-refractivity contribution in [1.82, 2.24) is 9.97 Å². The highest BCUT2D eigenvalue weighted by atomic mass is 19.3. The molecule has 0 saturated carbocycles. The van der Waals surface area contributed by atoms with Crippen LogP contribution in [-0.2, 0) is 12.5 Å². The van der Waals surface area contributed by atoms with E-state index in [0.29, 0.717) is 23.5 Å². The summed E-state index contributed by atoms with van der Waals surface area (Å²) >= 11 is 0. The summed E-state index contributed by atoms with van der Waals surface area (Å²) in [6, 6.07) is 12.3. The Balaban J connectivity index is 1.36. The number of aromatic nitrogens is 2. The molecule has 1 aromatic heterocycles. The van der Waals surface area contributed by atoms with E-state index in [1.165, 1.54) is 24.3 Å². The van der Waals surface area contributed by atoms with Crippen LogP contribution in [0.4, 0.5) is 30.7 Å². The zero-order valence-corrected chi connectivity index (χ0v) is 23.4. The number of hydrogen-bond acceptors (Lipinski definition) is 3. The zero-order valence-electron chi connectivity index (χ0n) is 23.4. The average Bonchev–Trinajstić information content (AvgIpc) is 2.98. The fourth-order valence-corrected chi connectivity index (χ4v) is 4.73. The molecule has 0 aliphatic heterocycles. The number of alkyl halides is 2. The van der Waals surface area contributed by atoms with Crippen LogP contribution in [0, 0.1) is 29.1 Å². The Hall–Kier alpha value is -4.73. The fraction of sp³-hybridized carbons (Fsp3) is 0.176. The fourth-order valence-electron chi connectivity index (χ4n) is 4.73. The molecule has 0 spiro atoms. The minimum atomic E-state index is -4.46. The molecule has 1 heterocycles. The largest absolute Gasteiger partial charge is 0.432 e. The first-order chi connectivity index (χ1) is 21.1. The van der Waals surface area contributed by atoms with Gasteiger partial charge in [-0.15, -0.1) is 0 Å². The zero-order chi connectivity index (χ0) is 31.4. The van der Waals surface area contributed by atoms with Crippen molar-refractivity contribution in [3.8, 4) is 39.4 Å². The molecule has 0 amide bonds. The molecule has 5 aromatic rings. The summed E-state index contributed by atoms with van der Waals surface area (Å²) in [6.07, 6.45) is 3.02. The van der Waals surface area contributed by atoms with Gasteiger partial charge in [0.2, 0.25) is 0 Å². The van der Waals surface area contributed by atoms with E-state index in [9.17, 15) is 22.0 Å². The Morgan fingerprint density at radius 3 is 1.77 bits per heavy atom. The summed E-state index contributed by atoms with van der Waals surface area (Å²) in [5.74, 6) is -5.92. The molecule has 0 bridgehead atoms. The van der Waals surface area contributed by atoms with Crippen LogP contribution in [0.1, 0.15) is 37.3 Å². The quantitative estimate of drug-likeness (QED) is 0.117. The van der Waals surface area contributed by atoms with Gasteiger partial charge in [0, 0.05) is 29.1 Å². The van der Waals surface area contributed by atoms with Crippen molar-refractivity contribution in [1.29, 1.82) is 0 Å². The summed E-state index contributed by atoms with van der Waals surface area (Å²) in [5, 5.41) is 0. The molecular formula is C34H25F7N2O. The normalized spacial score (nSPS) is 11.5. The number of aryl methyl sites for hydroxylation is 1. The van der Waals surface area contributed by atoms with E-state index in [4.69, 9.17) is 0 Å². The maximum absolute atomic E-state index is 15.2. The first kappa shape index (κ1) is 30.7. The van der Waals surface area contributed by atoms with E-state index in [2.05, 4.69) is 21.6 Å². The molecule has 4 aromatic carbocycles. The number of hydrogen-bond donors (Lipinski definition) is 0. The lowest BCUT2D eigenvalue weighted by Crippen LogP contribution is -2.25. The van der Waals surface area contributed by atoms with Crippen LogP contribution in [0.5, 0.6) is 5.75 Å². The topological polar surface area (TPSA) is 35.0 Å². The van der Waals surface area contributed by atoms with Gasteiger partial charge < -0.3 is 4.74 Å². The predicted octanol–water partition coefficient (Wildman–Crippen LogP) is 10.0. The van der Waals surface area contributed by atoms with Crippen molar-refractivity contribution in [3.63, 3.8) is 0 Å². The average molecular weight is 611 g/mol. The minimum Gasteiger partial charge on any atom is -0.429 e. The number of ether oxygens (including phenoxy) is 1. The number of benzene rings is 4. The summed E-state index contributed by atoms with van der Waals surface area (Å²) in [6.45, 7) is 2.12.